The number of hydrogen-bond acceptors (Lipinski definition) is 8. The van der Waals surface area contributed by atoms with E-state index < -0.39 is 11.6 Å². The highest BCUT2D eigenvalue weighted by Crippen LogP contribution is 2.48. The third-order valence-corrected chi connectivity index (χ3v) is 9.91. The Balaban J connectivity index is 1.71. The van der Waals surface area contributed by atoms with Crippen LogP contribution in [0.25, 0.3) is 10.2 Å². The van der Waals surface area contributed by atoms with Crippen LogP contribution in [-0.4, -0.2) is 40.9 Å². The van der Waals surface area contributed by atoms with Crippen molar-refractivity contribution in [1.82, 2.24) is 4.98 Å². The fraction of sp³-hybridized carbons (Fsp3) is 0.484. The van der Waals surface area contributed by atoms with Gasteiger partial charge in [-0.1, -0.05) is 82.0 Å². The maximum absolute atomic E-state index is 13.5. The van der Waals surface area contributed by atoms with Crippen LogP contribution in [0.3, 0.4) is 0 Å². The molecule has 6 nitrogen and oxygen atoms in total. The van der Waals surface area contributed by atoms with Gasteiger partial charge in [-0.3, -0.25) is 0 Å². The van der Waals surface area contributed by atoms with Gasteiger partial charge in [0.2, 0.25) is 0 Å². The average molecular weight is 569 g/mol. The van der Waals surface area contributed by atoms with Gasteiger partial charge in [-0.15, -0.1) is 0 Å². The summed E-state index contributed by atoms with van der Waals surface area (Å²) in [5, 5.41) is 22.0. The lowest BCUT2D eigenvalue weighted by Crippen LogP contribution is -2.44. The maximum atomic E-state index is 13.5. The first-order valence-electron chi connectivity index (χ1n) is 13.4. The predicted molar refractivity (Wildman–Crippen MR) is 162 cm³/mol. The Morgan fingerprint density at radius 1 is 1.21 bits per heavy atom. The molecule has 1 aliphatic heterocycles. The predicted octanol–water partition coefficient (Wildman–Crippen LogP) is 7.30. The molecule has 0 saturated carbocycles. The number of aryl methyl sites for hydroxylation is 2. The number of ether oxygens (including phenoxy) is 1. The summed E-state index contributed by atoms with van der Waals surface area (Å²) in [7, 11) is 3.98. The van der Waals surface area contributed by atoms with Gasteiger partial charge in [0.25, 0.3) is 0 Å². The number of thioether (sulfide) groups is 1. The van der Waals surface area contributed by atoms with E-state index in [0.29, 0.717) is 12.8 Å². The summed E-state index contributed by atoms with van der Waals surface area (Å²) in [6.45, 7) is 12.5. The first kappa shape index (κ1) is 29.4. The molecule has 2 N–H and O–H groups in total. The van der Waals surface area contributed by atoms with E-state index in [4.69, 9.17) is 9.72 Å². The quantitative estimate of drug-likeness (QED) is 0.276. The van der Waals surface area contributed by atoms with E-state index in [2.05, 4.69) is 26.8 Å². The topological polar surface area (TPSA) is 82.9 Å². The molecule has 2 aromatic carbocycles. The lowest BCUT2D eigenvalue weighted by Gasteiger charge is -2.40. The van der Waals surface area contributed by atoms with Crippen molar-refractivity contribution < 1.29 is 19.7 Å². The minimum atomic E-state index is -0.821. The summed E-state index contributed by atoms with van der Waals surface area (Å²) >= 11 is 2.95. The van der Waals surface area contributed by atoms with Crippen molar-refractivity contribution in [1.29, 1.82) is 0 Å². The summed E-state index contributed by atoms with van der Waals surface area (Å²) < 4.78 is 7.32. The molecule has 0 radical (unpaired) electrons. The molecule has 1 atom stereocenters. The summed E-state index contributed by atoms with van der Waals surface area (Å²) in [6.07, 6.45) is 1.46. The van der Waals surface area contributed by atoms with Gasteiger partial charge in [-0.2, -0.15) is 0 Å². The van der Waals surface area contributed by atoms with Gasteiger partial charge in [0, 0.05) is 25.4 Å². The summed E-state index contributed by atoms with van der Waals surface area (Å²) in [5.41, 5.74) is 4.00. The van der Waals surface area contributed by atoms with Gasteiger partial charge < -0.3 is 19.8 Å². The maximum Gasteiger partial charge on any atom is 0.349 e. The van der Waals surface area contributed by atoms with E-state index in [1.807, 2.05) is 64.0 Å². The molecule has 1 aliphatic rings. The Morgan fingerprint density at radius 3 is 2.44 bits per heavy atom. The van der Waals surface area contributed by atoms with Gasteiger partial charge in [0.05, 0.1) is 16.8 Å². The minimum Gasteiger partial charge on any atom is -0.511 e. The second-order valence-corrected chi connectivity index (χ2v) is 14.0. The van der Waals surface area contributed by atoms with Crippen molar-refractivity contribution in [3.63, 3.8) is 0 Å². The van der Waals surface area contributed by atoms with Crippen LogP contribution in [0.2, 0.25) is 0 Å². The second kappa shape index (κ2) is 11.1. The molecule has 3 aromatic rings. The Morgan fingerprint density at radius 2 is 1.87 bits per heavy atom. The zero-order valence-corrected chi connectivity index (χ0v) is 25.8. The molecule has 39 heavy (non-hydrogen) atoms. The molecule has 0 fully saturated rings. The number of esters is 1. The molecule has 0 spiro atoms. The van der Waals surface area contributed by atoms with Crippen molar-refractivity contribution in [3.05, 3.63) is 63.2 Å². The zero-order chi connectivity index (χ0) is 28.7. The van der Waals surface area contributed by atoms with E-state index in [1.54, 1.807) is 11.3 Å². The molecule has 2 heterocycles. The average Bonchev–Trinajstić information content (AvgIpc) is 3.30. The van der Waals surface area contributed by atoms with Crippen molar-refractivity contribution in [2.24, 2.45) is 5.92 Å². The fourth-order valence-electron chi connectivity index (χ4n) is 5.19. The second-order valence-electron chi connectivity index (χ2n) is 12.0. The van der Waals surface area contributed by atoms with Crippen LogP contribution in [0.4, 0.5) is 5.13 Å². The van der Waals surface area contributed by atoms with Gasteiger partial charge in [0.15, 0.2) is 5.13 Å². The van der Waals surface area contributed by atoms with E-state index in [-0.39, 0.29) is 35.0 Å². The third-order valence-electron chi connectivity index (χ3n) is 7.52. The van der Waals surface area contributed by atoms with E-state index in [0.717, 1.165) is 42.5 Å². The Labute approximate surface area is 240 Å². The number of anilines is 1. The van der Waals surface area contributed by atoms with E-state index >= 15 is 0 Å². The van der Waals surface area contributed by atoms with Crippen LogP contribution >= 0.6 is 23.1 Å². The van der Waals surface area contributed by atoms with Crippen LogP contribution < -0.4 is 4.90 Å². The number of benzene rings is 2. The number of aliphatic hydroxyl groups is 2. The normalized spacial score (nSPS) is 18.3. The number of carbonyl (C=O) groups is 1. The molecular weight excluding hydrogens is 528 g/mol. The Hall–Kier alpha value is -2.55. The van der Waals surface area contributed by atoms with Crippen LogP contribution in [0.5, 0.6) is 0 Å². The van der Waals surface area contributed by atoms with Crippen molar-refractivity contribution >= 4 is 44.4 Å². The van der Waals surface area contributed by atoms with Crippen LogP contribution in [0.1, 0.15) is 69.7 Å². The first-order valence-corrected chi connectivity index (χ1v) is 15.0. The van der Waals surface area contributed by atoms with E-state index in [1.165, 1.54) is 11.8 Å². The standard InChI is InChI=1S/C31H40N2O4S2/c1-18(2)31(14-13-20-11-9-10-12-21(20)17-34)16-22(35)26(28(36)37-31)38-23-15-19(3)25-27(24(23)30(4,5)6)39-29(32-25)33(7)8/h9-12,15,18,34-35H,13-14,16-17H2,1-8H3. The number of fused-ring (bicyclic) bond motifs is 1. The number of carbonyl (C=O) groups excluding carboxylic acids is 1. The van der Waals surface area contributed by atoms with Gasteiger partial charge in [-0.05, 0) is 59.4 Å². The van der Waals surface area contributed by atoms with Gasteiger partial charge in [-0.25, -0.2) is 9.78 Å². The van der Waals surface area contributed by atoms with Crippen molar-refractivity contribution in [2.75, 3.05) is 19.0 Å². The summed E-state index contributed by atoms with van der Waals surface area (Å²) in [5.74, 6) is -0.401. The highest BCUT2D eigenvalue weighted by Gasteiger charge is 2.45. The van der Waals surface area contributed by atoms with Gasteiger partial charge >= 0.3 is 5.97 Å². The fourth-order valence-corrected chi connectivity index (χ4v) is 7.86. The molecule has 210 valence electrons. The first-order chi connectivity index (χ1) is 18.3. The molecular formula is C31H40N2O4S2. The van der Waals surface area contributed by atoms with Crippen molar-refractivity contribution in [2.45, 2.75) is 83.3 Å². The summed E-state index contributed by atoms with van der Waals surface area (Å²) in [4.78, 5) is 21.6. The zero-order valence-electron chi connectivity index (χ0n) is 24.2. The lowest BCUT2D eigenvalue weighted by molar-refractivity contribution is -0.164. The molecule has 8 heteroatoms. The molecule has 0 aliphatic carbocycles. The molecule has 1 unspecified atom stereocenters. The Kier molecular flexibility index (Phi) is 8.41. The van der Waals surface area contributed by atoms with Crippen LogP contribution in [0.15, 0.2) is 45.9 Å². The molecule has 1 aromatic heterocycles. The molecule has 0 bridgehead atoms. The highest BCUT2D eigenvalue weighted by molar-refractivity contribution is 8.04. The lowest BCUT2D eigenvalue weighted by atomic mass is 9.79. The number of aromatic nitrogens is 1. The smallest absolute Gasteiger partial charge is 0.349 e. The van der Waals surface area contributed by atoms with E-state index in [9.17, 15) is 15.0 Å². The van der Waals surface area contributed by atoms with Crippen LogP contribution in [-0.2, 0) is 28.0 Å². The monoisotopic (exact) mass is 568 g/mol. The molecule has 4 rings (SSSR count). The van der Waals surface area contributed by atoms with Crippen molar-refractivity contribution in [3.8, 4) is 0 Å². The number of hydrogen-bond donors (Lipinski definition) is 2. The largest absolute Gasteiger partial charge is 0.511 e. The number of cyclic esters (lactones) is 1. The number of nitrogens with zero attached hydrogens (tertiary/aromatic N) is 2. The SMILES string of the molecule is Cc1cc(SC2=C(O)CC(CCc3ccccc3CO)(C(C)C)OC2=O)c(C(C)(C)C)c2sc(N(C)C)nc12. The number of rotatable bonds is 8. The number of aliphatic hydroxyl groups excluding tert-OH is 2. The van der Waals surface area contributed by atoms with Crippen LogP contribution in [0, 0.1) is 12.8 Å². The Bertz CT molecular complexity index is 1420. The molecule has 0 saturated heterocycles. The highest BCUT2D eigenvalue weighted by atomic mass is 32.2. The number of thiazole rings is 1. The summed E-state index contributed by atoms with van der Waals surface area (Å²) in [6, 6.07) is 9.84. The molecule has 0 amide bonds. The minimum absolute atomic E-state index is 0.00168. The third kappa shape index (κ3) is 5.83. The van der Waals surface area contributed by atoms with Gasteiger partial charge in [0.1, 0.15) is 16.3 Å².